The average Bonchev–Trinajstić information content (AvgIpc) is 2.81. The number of aromatic nitrogens is 2. The van der Waals surface area contributed by atoms with Gasteiger partial charge in [0.05, 0.1) is 11.3 Å². The van der Waals surface area contributed by atoms with E-state index >= 15 is 0 Å². The third-order valence-corrected chi connectivity index (χ3v) is 3.79. The summed E-state index contributed by atoms with van der Waals surface area (Å²) in [5, 5.41) is 7.46. The maximum atomic E-state index is 12.2. The molecule has 1 aromatic rings. The van der Waals surface area contributed by atoms with Crippen LogP contribution in [0.2, 0.25) is 0 Å². The van der Waals surface area contributed by atoms with Gasteiger partial charge in [-0.2, -0.15) is 5.10 Å². The molecule has 1 aliphatic rings. The fourth-order valence-corrected chi connectivity index (χ4v) is 2.81. The first kappa shape index (κ1) is 13.1. The molecule has 1 saturated carbocycles. The Bertz CT molecular complexity index is 448. The molecule has 4 heteroatoms. The van der Waals surface area contributed by atoms with E-state index in [1.807, 2.05) is 20.2 Å². The van der Waals surface area contributed by atoms with Crippen molar-refractivity contribution >= 4 is 5.91 Å². The Morgan fingerprint density at radius 3 is 2.89 bits per heavy atom. The summed E-state index contributed by atoms with van der Waals surface area (Å²) in [6.45, 7) is 6.55. The molecule has 4 nitrogen and oxygen atoms in total. The highest BCUT2D eigenvalue weighted by Crippen LogP contribution is 2.36. The zero-order valence-electron chi connectivity index (χ0n) is 11.8. The van der Waals surface area contributed by atoms with Gasteiger partial charge in [-0.05, 0) is 31.1 Å². The van der Waals surface area contributed by atoms with Crippen molar-refractivity contribution in [3.05, 3.63) is 17.5 Å². The van der Waals surface area contributed by atoms with Crippen LogP contribution in [-0.2, 0) is 13.5 Å². The van der Waals surface area contributed by atoms with Crippen LogP contribution in [0.5, 0.6) is 0 Å². The molecule has 1 aromatic heterocycles. The van der Waals surface area contributed by atoms with Crippen LogP contribution in [-0.4, -0.2) is 21.7 Å². The van der Waals surface area contributed by atoms with Gasteiger partial charge >= 0.3 is 0 Å². The molecule has 1 fully saturated rings. The minimum Gasteiger partial charge on any atom is -0.349 e. The largest absolute Gasteiger partial charge is 0.349 e. The first-order valence-electron chi connectivity index (χ1n) is 6.74. The van der Waals surface area contributed by atoms with E-state index in [-0.39, 0.29) is 5.91 Å². The van der Waals surface area contributed by atoms with Gasteiger partial charge in [0.2, 0.25) is 0 Å². The predicted molar refractivity (Wildman–Crippen MR) is 71.5 cm³/mol. The topological polar surface area (TPSA) is 46.9 Å². The van der Waals surface area contributed by atoms with E-state index in [9.17, 15) is 4.79 Å². The Balaban J connectivity index is 2.04. The van der Waals surface area contributed by atoms with Crippen LogP contribution in [0, 0.1) is 5.41 Å². The molecule has 18 heavy (non-hydrogen) atoms. The number of carbonyl (C=O) groups is 1. The first-order valence-corrected chi connectivity index (χ1v) is 6.74. The summed E-state index contributed by atoms with van der Waals surface area (Å²) in [6, 6.07) is 0.317. The normalized spacial score (nSPS) is 22.1. The van der Waals surface area contributed by atoms with Crippen molar-refractivity contribution in [1.29, 1.82) is 0 Å². The SMILES string of the molecule is CCc1nn(C)cc1C(=O)NC1CCC(C)(C)C1. The third kappa shape index (κ3) is 2.74. The second-order valence-corrected chi connectivity index (χ2v) is 6.09. The van der Waals surface area contributed by atoms with Crippen molar-refractivity contribution in [1.82, 2.24) is 15.1 Å². The lowest BCUT2D eigenvalue weighted by Gasteiger charge is -2.17. The molecule has 1 unspecified atom stereocenters. The van der Waals surface area contributed by atoms with E-state index in [1.54, 1.807) is 4.68 Å². The van der Waals surface area contributed by atoms with Crippen molar-refractivity contribution in [3.63, 3.8) is 0 Å². The Kier molecular flexibility index (Phi) is 3.46. The highest BCUT2D eigenvalue weighted by molar-refractivity contribution is 5.95. The standard InChI is InChI=1S/C14H23N3O/c1-5-12-11(9-17(4)16-12)13(18)15-10-6-7-14(2,3)8-10/h9-10H,5-8H2,1-4H3,(H,15,18). The summed E-state index contributed by atoms with van der Waals surface area (Å²) < 4.78 is 1.71. The highest BCUT2D eigenvalue weighted by Gasteiger charge is 2.32. The van der Waals surface area contributed by atoms with Crippen molar-refractivity contribution in [3.8, 4) is 0 Å². The lowest BCUT2D eigenvalue weighted by atomic mass is 9.92. The number of carbonyl (C=O) groups excluding carboxylic acids is 1. The number of nitrogens with one attached hydrogen (secondary N) is 1. The summed E-state index contributed by atoms with van der Waals surface area (Å²) in [4.78, 5) is 12.2. The quantitative estimate of drug-likeness (QED) is 0.893. The Labute approximate surface area is 109 Å². The molecule has 0 radical (unpaired) electrons. The van der Waals surface area contributed by atoms with Gasteiger partial charge in [-0.1, -0.05) is 20.8 Å². The predicted octanol–water partition coefficient (Wildman–Crippen LogP) is 2.29. The number of rotatable bonds is 3. The summed E-state index contributed by atoms with van der Waals surface area (Å²) in [5.41, 5.74) is 1.97. The molecule has 100 valence electrons. The lowest BCUT2D eigenvalue weighted by Crippen LogP contribution is -2.33. The summed E-state index contributed by atoms with van der Waals surface area (Å²) in [6.07, 6.45) is 5.94. The molecule has 2 rings (SSSR count). The average molecular weight is 249 g/mol. The first-order chi connectivity index (χ1) is 8.41. The van der Waals surface area contributed by atoms with E-state index in [1.165, 1.54) is 6.42 Å². The molecule has 0 aromatic carbocycles. The second-order valence-electron chi connectivity index (χ2n) is 6.09. The third-order valence-electron chi connectivity index (χ3n) is 3.79. The van der Waals surface area contributed by atoms with Crippen LogP contribution in [0.4, 0.5) is 0 Å². The number of aryl methyl sites for hydroxylation is 2. The van der Waals surface area contributed by atoms with Gasteiger partial charge in [-0.25, -0.2) is 0 Å². The molecule has 1 atom stereocenters. The molecule has 1 heterocycles. The zero-order valence-corrected chi connectivity index (χ0v) is 11.8. The Morgan fingerprint density at radius 2 is 2.33 bits per heavy atom. The number of hydrogen-bond donors (Lipinski definition) is 1. The smallest absolute Gasteiger partial charge is 0.254 e. The van der Waals surface area contributed by atoms with Gasteiger partial charge in [0.1, 0.15) is 0 Å². The monoisotopic (exact) mass is 249 g/mol. The molecule has 1 N–H and O–H groups in total. The molecular weight excluding hydrogens is 226 g/mol. The van der Waals surface area contributed by atoms with Crippen LogP contribution in [0.3, 0.4) is 0 Å². The van der Waals surface area contributed by atoms with Crippen molar-refractivity contribution in [2.24, 2.45) is 12.5 Å². The minimum atomic E-state index is 0.0302. The van der Waals surface area contributed by atoms with E-state index in [2.05, 4.69) is 24.3 Å². The van der Waals surface area contributed by atoms with Gasteiger partial charge in [0.25, 0.3) is 5.91 Å². The zero-order chi connectivity index (χ0) is 13.3. The van der Waals surface area contributed by atoms with Gasteiger partial charge in [-0.3, -0.25) is 9.48 Å². The van der Waals surface area contributed by atoms with E-state index in [4.69, 9.17) is 0 Å². The highest BCUT2D eigenvalue weighted by atomic mass is 16.1. The van der Waals surface area contributed by atoms with Crippen molar-refractivity contribution in [2.75, 3.05) is 0 Å². The molecule has 0 saturated heterocycles. The van der Waals surface area contributed by atoms with E-state index in [0.29, 0.717) is 11.5 Å². The molecule has 1 amide bonds. The molecular formula is C14H23N3O. The van der Waals surface area contributed by atoms with Gasteiger partial charge < -0.3 is 5.32 Å². The molecule has 0 aliphatic heterocycles. The summed E-state index contributed by atoms with van der Waals surface area (Å²) in [7, 11) is 1.86. The maximum Gasteiger partial charge on any atom is 0.254 e. The summed E-state index contributed by atoms with van der Waals surface area (Å²) in [5.74, 6) is 0.0302. The van der Waals surface area contributed by atoms with Gasteiger partial charge in [-0.15, -0.1) is 0 Å². The number of amides is 1. The fraction of sp³-hybridized carbons (Fsp3) is 0.714. The van der Waals surface area contributed by atoms with Gasteiger partial charge in [0, 0.05) is 19.3 Å². The van der Waals surface area contributed by atoms with Crippen molar-refractivity contribution in [2.45, 2.75) is 52.5 Å². The second kappa shape index (κ2) is 4.75. The Morgan fingerprint density at radius 1 is 1.61 bits per heavy atom. The molecule has 0 spiro atoms. The van der Waals surface area contributed by atoms with E-state index in [0.717, 1.165) is 30.5 Å². The van der Waals surface area contributed by atoms with Crippen LogP contribution in [0.1, 0.15) is 56.1 Å². The van der Waals surface area contributed by atoms with Crippen LogP contribution >= 0.6 is 0 Å². The lowest BCUT2D eigenvalue weighted by molar-refractivity contribution is 0.0935. The molecule has 1 aliphatic carbocycles. The van der Waals surface area contributed by atoms with Crippen molar-refractivity contribution < 1.29 is 4.79 Å². The van der Waals surface area contributed by atoms with Crippen LogP contribution in [0.15, 0.2) is 6.20 Å². The molecule has 0 bridgehead atoms. The maximum absolute atomic E-state index is 12.2. The Hall–Kier alpha value is -1.32. The van der Waals surface area contributed by atoms with Gasteiger partial charge in [0.15, 0.2) is 0 Å². The number of nitrogens with zero attached hydrogens (tertiary/aromatic N) is 2. The van der Waals surface area contributed by atoms with E-state index < -0.39 is 0 Å². The van der Waals surface area contributed by atoms with Crippen LogP contribution < -0.4 is 5.32 Å². The minimum absolute atomic E-state index is 0.0302. The number of hydrogen-bond acceptors (Lipinski definition) is 2. The van der Waals surface area contributed by atoms with Crippen LogP contribution in [0.25, 0.3) is 0 Å². The summed E-state index contributed by atoms with van der Waals surface area (Å²) >= 11 is 0. The fourth-order valence-electron chi connectivity index (χ4n) is 2.81.